The zero-order valence-electron chi connectivity index (χ0n) is 16.3. The minimum absolute atomic E-state index is 0.0142. The van der Waals surface area contributed by atoms with Crippen molar-refractivity contribution in [2.24, 2.45) is 5.73 Å². The number of carbonyl (C=O) groups excluding carboxylic acids is 1. The van der Waals surface area contributed by atoms with Crippen LogP contribution >= 0.6 is 0 Å². The molecule has 136 valence electrons. The molecule has 24 heavy (non-hydrogen) atoms. The Balaban J connectivity index is 3.07. The molecule has 0 bridgehead atoms. The third-order valence-electron chi connectivity index (χ3n) is 4.11. The molecule has 1 unspecified atom stereocenters. The van der Waals surface area contributed by atoms with Crippen LogP contribution in [0.2, 0.25) is 0 Å². The molecule has 1 aromatic rings. The number of rotatable bonds is 5. The number of benzene rings is 1. The average Bonchev–Trinajstić information content (AvgIpc) is 2.41. The van der Waals surface area contributed by atoms with Crippen LogP contribution in [-0.2, 0) is 22.0 Å². The lowest BCUT2D eigenvalue weighted by molar-refractivity contribution is -0.121. The highest BCUT2D eigenvalue weighted by molar-refractivity contribution is 5.76. The molecule has 0 saturated heterocycles. The third-order valence-corrected chi connectivity index (χ3v) is 4.11. The van der Waals surface area contributed by atoms with Gasteiger partial charge in [0, 0.05) is 19.0 Å². The van der Waals surface area contributed by atoms with Crippen LogP contribution < -0.4 is 11.1 Å². The van der Waals surface area contributed by atoms with E-state index in [9.17, 15) is 9.90 Å². The fourth-order valence-electron chi connectivity index (χ4n) is 2.50. The number of nitrogens with two attached hydrogens (primary N) is 1. The maximum absolute atomic E-state index is 11.9. The Morgan fingerprint density at radius 2 is 1.75 bits per heavy atom. The molecule has 0 spiro atoms. The van der Waals surface area contributed by atoms with Gasteiger partial charge < -0.3 is 16.2 Å². The SMILES string of the molecule is CC(N)CNC(=O)CCc1cc(C(C)(C)C)cc(C(C)(C)C)c1O. The highest BCUT2D eigenvalue weighted by Crippen LogP contribution is 2.38. The first kappa shape index (κ1) is 20.5. The highest BCUT2D eigenvalue weighted by Gasteiger charge is 2.25. The Kier molecular flexibility index (Phi) is 6.45. The second-order valence-electron chi connectivity index (χ2n) is 8.81. The molecule has 0 aromatic heterocycles. The predicted molar refractivity (Wildman–Crippen MR) is 100 cm³/mol. The number of nitrogens with one attached hydrogen (secondary N) is 1. The van der Waals surface area contributed by atoms with Gasteiger partial charge in [-0.15, -0.1) is 0 Å². The molecule has 0 aliphatic carbocycles. The average molecular weight is 335 g/mol. The summed E-state index contributed by atoms with van der Waals surface area (Å²) in [5, 5.41) is 13.5. The van der Waals surface area contributed by atoms with E-state index < -0.39 is 0 Å². The van der Waals surface area contributed by atoms with Gasteiger partial charge in [0.25, 0.3) is 0 Å². The number of hydrogen-bond donors (Lipinski definition) is 3. The van der Waals surface area contributed by atoms with E-state index in [-0.39, 0.29) is 22.8 Å². The monoisotopic (exact) mass is 334 g/mol. The summed E-state index contributed by atoms with van der Waals surface area (Å²) in [4.78, 5) is 11.9. The Morgan fingerprint density at radius 1 is 1.17 bits per heavy atom. The molecule has 0 heterocycles. The lowest BCUT2D eigenvalue weighted by atomic mass is 9.78. The normalized spacial score (nSPS) is 13.7. The summed E-state index contributed by atoms with van der Waals surface area (Å²) in [5.74, 6) is 0.278. The molecule has 0 aliphatic heterocycles. The lowest BCUT2D eigenvalue weighted by Crippen LogP contribution is -2.35. The van der Waals surface area contributed by atoms with Crippen molar-refractivity contribution in [2.45, 2.75) is 78.2 Å². The van der Waals surface area contributed by atoms with Gasteiger partial charge in [-0.1, -0.05) is 53.7 Å². The summed E-state index contributed by atoms with van der Waals surface area (Å²) >= 11 is 0. The molecule has 1 amide bonds. The number of phenolic OH excluding ortho intramolecular Hbond substituents is 1. The van der Waals surface area contributed by atoms with Crippen molar-refractivity contribution in [3.63, 3.8) is 0 Å². The van der Waals surface area contributed by atoms with Crippen LogP contribution in [0, 0.1) is 0 Å². The number of carbonyl (C=O) groups is 1. The Labute approximate surface area is 146 Å². The van der Waals surface area contributed by atoms with Crippen LogP contribution in [0.4, 0.5) is 0 Å². The van der Waals surface area contributed by atoms with E-state index in [0.29, 0.717) is 25.1 Å². The Morgan fingerprint density at radius 3 is 2.21 bits per heavy atom. The number of aryl methyl sites for hydroxylation is 1. The summed E-state index contributed by atoms with van der Waals surface area (Å²) in [5.41, 5.74) is 8.43. The fraction of sp³-hybridized carbons (Fsp3) is 0.650. The summed E-state index contributed by atoms with van der Waals surface area (Å²) in [6.45, 7) is 15.1. The van der Waals surface area contributed by atoms with Crippen LogP contribution in [0.15, 0.2) is 12.1 Å². The van der Waals surface area contributed by atoms with Crippen molar-refractivity contribution < 1.29 is 9.90 Å². The Bertz CT molecular complexity index is 579. The summed E-state index contributed by atoms with van der Waals surface area (Å²) in [6.07, 6.45) is 0.862. The van der Waals surface area contributed by atoms with E-state index in [4.69, 9.17) is 5.73 Å². The van der Waals surface area contributed by atoms with Crippen molar-refractivity contribution in [1.29, 1.82) is 0 Å². The van der Waals surface area contributed by atoms with Gasteiger partial charge in [0.1, 0.15) is 5.75 Å². The molecule has 4 N–H and O–H groups in total. The van der Waals surface area contributed by atoms with Crippen LogP contribution in [0.3, 0.4) is 0 Å². The van der Waals surface area contributed by atoms with Gasteiger partial charge in [-0.05, 0) is 40.9 Å². The van der Waals surface area contributed by atoms with Gasteiger partial charge in [0.15, 0.2) is 0 Å². The second kappa shape index (κ2) is 7.56. The van der Waals surface area contributed by atoms with Crippen LogP contribution in [0.5, 0.6) is 5.75 Å². The molecule has 1 rings (SSSR count). The first-order valence-electron chi connectivity index (χ1n) is 8.71. The minimum Gasteiger partial charge on any atom is -0.507 e. The van der Waals surface area contributed by atoms with E-state index >= 15 is 0 Å². The largest absolute Gasteiger partial charge is 0.507 e. The van der Waals surface area contributed by atoms with Crippen molar-refractivity contribution in [3.8, 4) is 5.75 Å². The number of amides is 1. The van der Waals surface area contributed by atoms with Gasteiger partial charge in [-0.25, -0.2) is 0 Å². The summed E-state index contributed by atoms with van der Waals surface area (Å²) in [6, 6.07) is 4.07. The van der Waals surface area contributed by atoms with E-state index in [2.05, 4.69) is 52.9 Å². The first-order chi connectivity index (χ1) is 10.8. The van der Waals surface area contributed by atoms with E-state index in [1.807, 2.05) is 13.0 Å². The topological polar surface area (TPSA) is 75.3 Å². The number of aromatic hydroxyl groups is 1. The molecule has 1 aromatic carbocycles. The maximum atomic E-state index is 11.9. The van der Waals surface area contributed by atoms with Crippen molar-refractivity contribution >= 4 is 5.91 Å². The molecule has 0 saturated carbocycles. The van der Waals surface area contributed by atoms with Crippen molar-refractivity contribution in [2.75, 3.05) is 6.54 Å². The van der Waals surface area contributed by atoms with Crippen molar-refractivity contribution in [1.82, 2.24) is 5.32 Å². The van der Waals surface area contributed by atoms with Crippen LogP contribution in [0.25, 0.3) is 0 Å². The predicted octanol–water partition coefficient (Wildman–Crippen LogP) is 3.38. The Hall–Kier alpha value is -1.55. The van der Waals surface area contributed by atoms with Gasteiger partial charge >= 0.3 is 0 Å². The molecule has 4 heteroatoms. The summed E-state index contributed by atoms with van der Waals surface area (Å²) in [7, 11) is 0. The van der Waals surface area contributed by atoms with Gasteiger partial charge in [0.05, 0.1) is 0 Å². The van der Waals surface area contributed by atoms with Gasteiger partial charge in [0.2, 0.25) is 5.91 Å². The van der Waals surface area contributed by atoms with Crippen LogP contribution in [0.1, 0.15) is 71.6 Å². The molecule has 0 radical (unpaired) electrons. The summed E-state index contributed by atoms with van der Waals surface area (Å²) < 4.78 is 0. The molecular formula is C20H34N2O2. The first-order valence-corrected chi connectivity index (χ1v) is 8.71. The van der Waals surface area contributed by atoms with E-state index in [0.717, 1.165) is 11.1 Å². The van der Waals surface area contributed by atoms with Crippen molar-refractivity contribution in [3.05, 3.63) is 28.8 Å². The zero-order chi connectivity index (χ0) is 18.7. The number of phenols is 1. The smallest absolute Gasteiger partial charge is 0.220 e. The maximum Gasteiger partial charge on any atom is 0.220 e. The van der Waals surface area contributed by atoms with E-state index in [1.165, 1.54) is 5.56 Å². The lowest BCUT2D eigenvalue weighted by Gasteiger charge is -2.27. The third kappa shape index (κ3) is 5.82. The quantitative estimate of drug-likeness (QED) is 0.772. The molecule has 1 atom stereocenters. The number of hydrogen-bond acceptors (Lipinski definition) is 3. The van der Waals surface area contributed by atoms with E-state index in [1.54, 1.807) is 0 Å². The molecule has 0 fully saturated rings. The minimum atomic E-state index is -0.155. The molecule has 4 nitrogen and oxygen atoms in total. The highest BCUT2D eigenvalue weighted by atomic mass is 16.3. The standard InChI is InChI=1S/C20H34N2O2/c1-13(21)12-22-17(23)9-8-14-10-15(19(2,3)4)11-16(18(14)24)20(5,6)7/h10-11,13,24H,8-9,12,21H2,1-7H3,(H,22,23). The molecular weight excluding hydrogens is 300 g/mol. The molecule has 0 aliphatic rings. The van der Waals surface area contributed by atoms with Crippen LogP contribution in [-0.4, -0.2) is 23.6 Å². The second-order valence-corrected chi connectivity index (χ2v) is 8.81. The zero-order valence-corrected chi connectivity index (χ0v) is 16.3. The van der Waals surface area contributed by atoms with Gasteiger partial charge in [-0.2, -0.15) is 0 Å². The van der Waals surface area contributed by atoms with Gasteiger partial charge in [-0.3, -0.25) is 4.79 Å². The fourth-order valence-corrected chi connectivity index (χ4v) is 2.50.